The van der Waals surface area contributed by atoms with E-state index in [4.69, 9.17) is 14.3 Å². The Morgan fingerprint density at radius 3 is 3.09 bits per heavy atom. The number of amides is 1. The quantitative estimate of drug-likeness (QED) is 0.871. The van der Waals surface area contributed by atoms with Crippen molar-refractivity contribution in [3.8, 4) is 11.5 Å². The number of carbonyl (C=O) groups excluding carboxylic acids is 1. The Bertz CT molecular complexity index is 664. The molecule has 1 aliphatic rings. The molecule has 0 radical (unpaired) electrons. The minimum absolute atomic E-state index is 0.152. The molecule has 1 aliphatic heterocycles. The van der Waals surface area contributed by atoms with Gasteiger partial charge in [0, 0.05) is 12.6 Å². The number of hydrogen-bond donors (Lipinski definition) is 2. The molecular formula is C14H15N3O5. The number of nitrogens with one attached hydrogen (secondary N) is 1. The van der Waals surface area contributed by atoms with Crippen molar-refractivity contribution in [2.75, 3.05) is 19.8 Å². The van der Waals surface area contributed by atoms with Gasteiger partial charge < -0.3 is 19.2 Å². The van der Waals surface area contributed by atoms with E-state index in [1.54, 1.807) is 18.2 Å². The maximum Gasteiger partial charge on any atom is 0.305 e. The van der Waals surface area contributed by atoms with Crippen LogP contribution >= 0.6 is 0 Å². The Balaban J connectivity index is 1.78. The van der Waals surface area contributed by atoms with Gasteiger partial charge in [-0.25, -0.2) is 0 Å². The molecule has 1 amide bonds. The van der Waals surface area contributed by atoms with Crippen molar-refractivity contribution in [1.29, 1.82) is 0 Å². The van der Waals surface area contributed by atoms with Crippen LogP contribution in [0.4, 0.5) is 0 Å². The van der Waals surface area contributed by atoms with Gasteiger partial charge >= 0.3 is 5.97 Å². The predicted octanol–water partition coefficient (Wildman–Crippen LogP) is 0.985. The number of aromatic nitrogens is 2. The maximum absolute atomic E-state index is 12.5. The smallest absolute Gasteiger partial charge is 0.305 e. The summed E-state index contributed by atoms with van der Waals surface area (Å²) in [6.07, 6.45) is 1.38. The van der Waals surface area contributed by atoms with Crippen LogP contribution in [0, 0.1) is 0 Å². The fraction of sp³-hybridized carbons (Fsp3) is 0.357. The molecule has 2 N–H and O–H groups in total. The van der Waals surface area contributed by atoms with Crippen molar-refractivity contribution in [2.24, 2.45) is 0 Å². The second-order valence-corrected chi connectivity index (χ2v) is 4.97. The van der Waals surface area contributed by atoms with Gasteiger partial charge in [-0.3, -0.25) is 14.7 Å². The molecule has 8 heteroatoms. The van der Waals surface area contributed by atoms with Crippen LogP contribution in [0.2, 0.25) is 0 Å². The summed E-state index contributed by atoms with van der Waals surface area (Å²) in [5.74, 6) is -0.703. The molecular weight excluding hydrogens is 290 g/mol. The van der Waals surface area contributed by atoms with E-state index >= 15 is 0 Å². The summed E-state index contributed by atoms with van der Waals surface area (Å²) >= 11 is 0. The Morgan fingerprint density at radius 1 is 1.50 bits per heavy atom. The lowest BCUT2D eigenvalue weighted by molar-refractivity contribution is -0.139. The lowest BCUT2D eigenvalue weighted by Crippen LogP contribution is -2.49. The zero-order valence-electron chi connectivity index (χ0n) is 11.7. The second kappa shape index (κ2) is 6.02. The number of carboxylic acids is 1. The zero-order chi connectivity index (χ0) is 15.5. The minimum atomic E-state index is -0.966. The summed E-state index contributed by atoms with van der Waals surface area (Å²) in [6.45, 7) is 0.949. The van der Waals surface area contributed by atoms with E-state index in [0.717, 1.165) is 0 Å². The molecule has 0 aliphatic carbocycles. The highest BCUT2D eigenvalue weighted by Gasteiger charge is 2.31. The van der Waals surface area contributed by atoms with E-state index in [9.17, 15) is 9.59 Å². The largest absolute Gasteiger partial charge is 0.481 e. The van der Waals surface area contributed by atoms with Gasteiger partial charge in [-0.1, -0.05) is 0 Å². The van der Waals surface area contributed by atoms with E-state index in [0.29, 0.717) is 24.6 Å². The van der Waals surface area contributed by atoms with Crippen LogP contribution in [-0.4, -0.2) is 57.9 Å². The number of furan rings is 1. The number of carbonyl (C=O) groups is 2. The fourth-order valence-corrected chi connectivity index (χ4v) is 2.43. The first kappa shape index (κ1) is 14.3. The van der Waals surface area contributed by atoms with Gasteiger partial charge in [0.15, 0.2) is 11.5 Å². The van der Waals surface area contributed by atoms with Crippen molar-refractivity contribution < 1.29 is 23.8 Å². The lowest BCUT2D eigenvalue weighted by atomic mass is 10.1. The summed E-state index contributed by atoms with van der Waals surface area (Å²) in [5.41, 5.74) is 0.820. The number of nitrogens with zero attached hydrogens (tertiary/aromatic N) is 2. The third-order valence-corrected chi connectivity index (χ3v) is 3.48. The van der Waals surface area contributed by atoms with Crippen LogP contribution in [0.25, 0.3) is 11.5 Å². The molecule has 0 bridgehead atoms. The van der Waals surface area contributed by atoms with Crippen LogP contribution in [-0.2, 0) is 9.53 Å². The summed E-state index contributed by atoms with van der Waals surface area (Å²) < 4.78 is 10.5. The first-order valence-electron chi connectivity index (χ1n) is 6.85. The Morgan fingerprint density at radius 2 is 2.36 bits per heavy atom. The number of morpholine rings is 1. The van der Waals surface area contributed by atoms with Gasteiger partial charge in [0.2, 0.25) is 0 Å². The number of aromatic amines is 1. The third-order valence-electron chi connectivity index (χ3n) is 3.48. The Kier molecular flexibility index (Phi) is 3.92. The first-order valence-corrected chi connectivity index (χ1v) is 6.85. The number of H-pyrrole nitrogens is 1. The summed E-state index contributed by atoms with van der Waals surface area (Å²) in [5, 5.41) is 15.7. The molecule has 116 valence electrons. The molecule has 3 rings (SSSR count). The lowest BCUT2D eigenvalue weighted by Gasteiger charge is -2.34. The Labute approximate surface area is 125 Å². The minimum Gasteiger partial charge on any atom is -0.481 e. The fourth-order valence-electron chi connectivity index (χ4n) is 2.43. The normalized spacial score (nSPS) is 18.4. The van der Waals surface area contributed by atoms with E-state index < -0.39 is 12.0 Å². The monoisotopic (exact) mass is 305 g/mol. The van der Waals surface area contributed by atoms with Gasteiger partial charge in [-0.2, -0.15) is 5.10 Å². The van der Waals surface area contributed by atoms with Crippen molar-refractivity contribution in [2.45, 2.75) is 12.5 Å². The zero-order valence-corrected chi connectivity index (χ0v) is 11.7. The van der Waals surface area contributed by atoms with Crippen LogP contribution in [0.1, 0.15) is 16.9 Å². The topological polar surface area (TPSA) is 109 Å². The van der Waals surface area contributed by atoms with Crippen molar-refractivity contribution >= 4 is 11.9 Å². The molecule has 8 nitrogen and oxygen atoms in total. The number of ether oxygens (including phenoxy) is 1. The number of hydrogen-bond acceptors (Lipinski definition) is 5. The molecule has 1 fully saturated rings. The van der Waals surface area contributed by atoms with Crippen LogP contribution in [0.3, 0.4) is 0 Å². The maximum atomic E-state index is 12.5. The summed E-state index contributed by atoms with van der Waals surface area (Å²) in [7, 11) is 0. The van der Waals surface area contributed by atoms with E-state index in [2.05, 4.69) is 10.2 Å². The SMILES string of the molecule is O=C(O)CC1COCCN1C(=O)c1cc(-c2ccco2)[nH]n1. The van der Waals surface area contributed by atoms with Gasteiger partial charge in [0.1, 0.15) is 5.69 Å². The highest BCUT2D eigenvalue weighted by atomic mass is 16.5. The standard InChI is InChI=1S/C14H15N3O5/c18-13(19)6-9-8-21-5-3-17(9)14(20)11-7-10(15-16-11)12-2-1-4-22-12/h1-2,4,7,9H,3,5-6,8H2,(H,15,16)(H,18,19). The predicted molar refractivity (Wildman–Crippen MR) is 74.2 cm³/mol. The highest BCUT2D eigenvalue weighted by molar-refractivity contribution is 5.93. The molecule has 22 heavy (non-hydrogen) atoms. The number of carboxylic acid groups (broad SMARTS) is 1. The van der Waals surface area contributed by atoms with Crippen molar-refractivity contribution in [3.63, 3.8) is 0 Å². The average Bonchev–Trinajstić information content (AvgIpc) is 3.17. The highest BCUT2D eigenvalue weighted by Crippen LogP contribution is 2.20. The van der Waals surface area contributed by atoms with Crippen molar-refractivity contribution in [3.05, 3.63) is 30.2 Å². The summed E-state index contributed by atoms with van der Waals surface area (Å²) in [4.78, 5) is 24.9. The van der Waals surface area contributed by atoms with Gasteiger partial charge in [0.05, 0.1) is 31.9 Å². The summed E-state index contributed by atoms with van der Waals surface area (Å²) in [6, 6.07) is 4.60. The molecule has 1 unspecified atom stereocenters. The third kappa shape index (κ3) is 2.86. The average molecular weight is 305 g/mol. The molecule has 1 atom stereocenters. The van der Waals surface area contributed by atoms with Crippen LogP contribution in [0.15, 0.2) is 28.9 Å². The number of rotatable bonds is 4. The number of aliphatic carboxylic acids is 1. The second-order valence-electron chi connectivity index (χ2n) is 4.97. The van der Waals surface area contributed by atoms with E-state index in [1.165, 1.54) is 11.2 Å². The first-order chi connectivity index (χ1) is 10.6. The van der Waals surface area contributed by atoms with Crippen LogP contribution in [0.5, 0.6) is 0 Å². The van der Waals surface area contributed by atoms with Gasteiger partial charge in [0.25, 0.3) is 5.91 Å². The van der Waals surface area contributed by atoms with Crippen LogP contribution < -0.4 is 0 Å². The van der Waals surface area contributed by atoms with E-state index in [-0.39, 0.29) is 24.6 Å². The molecule has 1 saturated heterocycles. The van der Waals surface area contributed by atoms with Crippen molar-refractivity contribution in [1.82, 2.24) is 15.1 Å². The van der Waals surface area contributed by atoms with E-state index in [1.807, 2.05) is 0 Å². The molecule has 0 spiro atoms. The molecule has 0 aromatic carbocycles. The van der Waals surface area contributed by atoms with Gasteiger partial charge in [-0.15, -0.1) is 0 Å². The van der Waals surface area contributed by atoms with Gasteiger partial charge in [-0.05, 0) is 12.1 Å². The molecule has 0 saturated carbocycles. The Hall–Kier alpha value is -2.61. The molecule has 3 heterocycles. The molecule has 2 aromatic rings. The molecule has 2 aromatic heterocycles.